The topological polar surface area (TPSA) is 95.0 Å². The molecule has 1 aromatic heterocycles. The van der Waals surface area contributed by atoms with Crippen LogP contribution in [0.25, 0.3) is 11.0 Å². The number of morpholine rings is 1. The monoisotopic (exact) mass is 318 g/mol. The SMILES string of the molecule is COc1ccc2c(C)c(C(=O)N3CCO[C@H](C(N)=O)C3)oc2c1. The summed E-state index contributed by atoms with van der Waals surface area (Å²) in [4.78, 5) is 25.5. The molecule has 0 aliphatic carbocycles. The van der Waals surface area contributed by atoms with Crippen LogP contribution in [0.2, 0.25) is 0 Å². The second-order valence-electron chi connectivity index (χ2n) is 5.43. The first-order valence-electron chi connectivity index (χ1n) is 7.28. The van der Waals surface area contributed by atoms with Gasteiger partial charge in [-0.25, -0.2) is 0 Å². The van der Waals surface area contributed by atoms with Crippen molar-refractivity contribution in [2.24, 2.45) is 5.73 Å². The number of methoxy groups -OCH3 is 1. The van der Waals surface area contributed by atoms with Crippen molar-refractivity contribution >= 4 is 22.8 Å². The van der Waals surface area contributed by atoms with E-state index in [4.69, 9.17) is 19.6 Å². The first kappa shape index (κ1) is 15.4. The minimum Gasteiger partial charge on any atom is -0.497 e. The molecule has 0 radical (unpaired) electrons. The van der Waals surface area contributed by atoms with Crippen LogP contribution in [0, 0.1) is 6.92 Å². The van der Waals surface area contributed by atoms with Gasteiger partial charge in [0.2, 0.25) is 5.91 Å². The Morgan fingerprint density at radius 2 is 2.17 bits per heavy atom. The fourth-order valence-corrected chi connectivity index (χ4v) is 2.69. The molecular formula is C16H18N2O5. The summed E-state index contributed by atoms with van der Waals surface area (Å²) in [5.74, 6) is 0.0737. The third kappa shape index (κ3) is 2.75. The molecule has 0 bridgehead atoms. The van der Waals surface area contributed by atoms with Gasteiger partial charge in [-0.3, -0.25) is 9.59 Å². The lowest BCUT2D eigenvalue weighted by atomic mass is 10.1. The quantitative estimate of drug-likeness (QED) is 0.913. The predicted molar refractivity (Wildman–Crippen MR) is 82.3 cm³/mol. The van der Waals surface area contributed by atoms with Crippen LogP contribution < -0.4 is 10.5 Å². The highest BCUT2D eigenvalue weighted by atomic mass is 16.5. The van der Waals surface area contributed by atoms with Crippen LogP contribution in [0.3, 0.4) is 0 Å². The molecule has 0 spiro atoms. The molecular weight excluding hydrogens is 300 g/mol. The Labute approximate surface area is 132 Å². The summed E-state index contributed by atoms with van der Waals surface area (Å²) in [6.07, 6.45) is -0.780. The normalized spacial score (nSPS) is 18.2. The van der Waals surface area contributed by atoms with E-state index in [1.807, 2.05) is 19.1 Å². The molecule has 2 heterocycles. The summed E-state index contributed by atoms with van der Waals surface area (Å²) in [5.41, 5.74) is 6.60. The number of nitrogens with zero attached hydrogens (tertiary/aromatic N) is 1. The van der Waals surface area contributed by atoms with Gasteiger partial charge in [-0.1, -0.05) is 0 Å². The molecule has 7 heteroatoms. The van der Waals surface area contributed by atoms with Crippen molar-refractivity contribution in [1.29, 1.82) is 0 Å². The summed E-state index contributed by atoms with van der Waals surface area (Å²) in [7, 11) is 1.57. The van der Waals surface area contributed by atoms with Crippen molar-refractivity contribution in [3.63, 3.8) is 0 Å². The molecule has 1 fully saturated rings. The molecule has 122 valence electrons. The van der Waals surface area contributed by atoms with Crippen LogP contribution in [-0.2, 0) is 9.53 Å². The Hall–Kier alpha value is -2.54. The van der Waals surface area contributed by atoms with E-state index < -0.39 is 12.0 Å². The second-order valence-corrected chi connectivity index (χ2v) is 5.43. The second kappa shape index (κ2) is 5.92. The van der Waals surface area contributed by atoms with E-state index >= 15 is 0 Å². The molecule has 2 aromatic rings. The van der Waals surface area contributed by atoms with Crippen LogP contribution in [0.15, 0.2) is 22.6 Å². The van der Waals surface area contributed by atoms with Gasteiger partial charge in [0, 0.05) is 23.6 Å². The van der Waals surface area contributed by atoms with Crippen molar-refractivity contribution < 1.29 is 23.5 Å². The van der Waals surface area contributed by atoms with Gasteiger partial charge in [-0.2, -0.15) is 0 Å². The number of rotatable bonds is 3. The number of hydrogen-bond donors (Lipinski definition) is 1. The third-order valence-electron chi connectivity index (χ3n) is 4.01. The molecule has 0 saturated carbocycles. The predicted octanol–water partition coefficient (Wildman–Crippen LogP) is 1.08. The number of aryl methyl sites for hydroxylation is 1. The Bertz CT molecular complexity index is 767. The molecule has 1 aliphatic rings. The first-order chi connectivity index (χ1) is 11.0. The number of benzene rings is 1. The summed E-state index contributed by atoms with van der Waals surface area (Å²) in [5, 5.41) is 0.855. The van der Waals surface area contributed by atoms with Crippen LogP contribution >= 0.6 is 0 Å². The number of primary amides is 1. The minimum absolute atomic E-state index is 0.133. The van der Waals surface area contributed by atoms with Gasteiger partial charge in [0.15, 0.2) is 11.9 Å². The maximum absolute atomic E-state index is 12.7. The van der Waals surface area contributed by atoms with Crippen molar-refractivity contribution in [3.8, 4) is 5.75 Å². The van der Waals surface area contributed by atoms with Gasteiger partial charge in [-0.15, -0.1) is 0 Å². The molecule has 2 amide bonds. The number of furan rings is 1. The fraction of sp³-hybridized carbons (Fsp3) is 0.375. The van der Waals surface area contributed by atoms with Gasteiger partial charge in [0.05, 0.1) is 20.3 Å². The van der Waals surface area contributed by atoms with E-state index in [0.717, 1.165) is 10.9 Å². The summed E-state index contributed by atoms with van der Waals surface area (Å²) in [6.45, 7) is 2.63. The number of hydrogen-bond acceptors (Lipinski definition) is 5. The number of ether oxygens (including phenoxy) is 2. The average molecular weight is 318 g/mol. The molecule has 1 aliphatic heterocycles. The first-order valence-corrected chi connectivity index (χ1v) is 7.28. The molecule has 7 nitrogen and oxygen atoms in total. The molecule has 0 unspecified atom stereocenters. The summed E-state index contributed by atoms with van der Waals surface area (Å²) >= 11 is 0. The Morgan fingerprint density at radius 3 is 2.87 bits per heavy atom. The standard InChI is InChI=1S/C16H18N2O5/c1-9-11-4-3-10(21-2)7-12(11)23-14(9)16(20)18-5-6-22-13(8-18)15(17)19/h3-4,7,13H,5-6,8H2,1-2H3,(H2,17,19)/t13-/m0/s1. The largest absolute Gasteiger partial charge is 0.497 e. The zero-order chi connectivity index (χ0) is 16.6. The lowest BCUT2D eigenvalue weighted by Gasteiger charge is -2.30. The van der Waals surface area contributed by atoms with Gasteiger partial charge < -0.3 is 24.5 Å². The third-order valence-corrected chi connectivity index (χ3v) is 4.01. The maximum Gasteiger partial charge on any atom is 0.290 e. The number of nitrogens with two attached hydrogens (primary N) is 1. The highest BCUT2D eigenvalue weighted by Crippen LogP contribution is 2.29. The van der Waals surface area contributed by atoms with Gasteiger partial charge >= 0.3 is 0 Å². The number of carbonyl (C=O) groups excluding carboxylic acids is 2. The van der Waals surface area contributed by atoms with E-state index in [9.17, 15) is 9.59 Å². The van der Waals surface area contributed by atoms with Gasteiger partial charge in [-0.05, 0) is 19.1 Å². The maximum atomic E-state index is 12.7. The van der Waals surface area contributed by atoms with E-state index in [-0.39, 0.29) is 24.8 Å². The van der Waals surface area contributed by atoms with Crippen LogP contribution in [0.4, 0.5) is 0 Å². The smallest absolute Gasteiger partial charge is 0.290 e. The van der Waals surface area contributed by atoms with Crippen molar-refractivity contribution in [3.05, 3.63) is 29.5 Å². The van der Waals surface area contributed by atoms with Crippen molar-refractivity contribution in [1.82, 2.24) is 4.90 Å². The number of fused-ring (bicyclic) bond motifs is 1. The number of amides is 2. The van der Waals surface area contributed by atoms with Crippen LogP contribution in [-0.4, -0.2) is 49.6 Å². The molecule has 23 heavy (non-hydrogen) atoms. The summed E-state index contributed by atoms with van der Waals surface area (Å²) in [6, 6.07) is 5.41. The number of carbonyl (C=O) groups is 2. The Morgan fingerprint density at radius 1 is 1.39 bits per heavy atom. The lowest BCUT2D eigenvalue weighted by molar-refractivity contribution is -0.133. The highest BCUT2D eigenvalue weighted by molar-refractivity contribution is 5.99. The molecule has 1 saturated heterocycles. The molecule has 2 N–H and O–H groups in total. The van der Waals surface area contributed by atoms with Crippen LogP contribution in [0.5, 0.6) is 5.75 Å². The van der Waals surface area contributed by atoms with E-state index in [1.165, 1.54) is 4.90 Å². The molecule has 1 aromatic carbocycles. The van der Waals surface area contributed by atoms with Crippen LogP contribution in [0.1, 0.15) is 16.1 Å². The Balaban J connectivity index is 1.91. The van der Waals surface area contributed by atoms with Crippen molar-refractivity contribution in [2.75, 3.05) is 26.8 Å². The zero-order valence-corrected chi connectivity index (χ0v) is 13.0. The van der Waals surface area contributed by atoms with Gasteiger partial charge in [0.25, 0.3) is 5.91 Å². The lowest BCUT2D eigenvalue weighted by Crippen LogP contribution is -2.50. The Kier molecular flexibility index (Phi) is 3.96. The van der Waals surface area contributed by atoms with E-state index in [0.29, 0.717) is 17.9 Å². The molecule has 1 atom stereocenters. The fourth-order valence-electron chi connectivity index (χ4n) is 2.69. The molecule has 3 rings (SSSR count). The minimum atomic E-state index is -0.780. The zero-order valence-electron chi connectivity index (χ0n) is 13.0. The average Bonchev–Trinajstić information content (AvgIpc) is 2.90. The van der Waals surface area contributed by atoms with Gasteiger partial charge in [0.1, 0.15) is 11.3 Å². The van der Waals surface area contributed by atoms with E-state index in [2.05, 4.69) is 0 Å². The highest BCUT2D eigenvalue weighted by Gasteiger charge is 2.31. The van der Waals surface area contributed by atoms with Crippen molar-refractivity contribution in [2.45, 2.75) is 13.0 Å². The van der Waals surface area contributed by atoms with E-state index in [1.54, 1.807) is 13.2 Å². The summed E-state index contributed by atoms with van der Waals surface area (Å²) < 4.78 is 16.1.